The number of nitrogens with zero attached hydrogens (tertiary/aromatic N) is 3. The number of nitrogens with one attached hydrogen (secondary N) is 1. The molecule has 0 bridgehead atoms. The summed E-state index contributed by atoms with van der Waals surface area (Å²) < 4.78 is 0. The molecule has 2 rings (SSSR count). The fourth-order valence-electron chi connectivity index (χ4n) is 1.89. The van der Waals surface area contributed by atoms with Crippen LogP contribution < -0.4 is 5.32 Å². The number of aromatic hydroxyl groups is 1. The SMILES string of the molecule is O=[N+]([O-])c1ccc(NCCN=Cc2cc([N+](=O)[O-])ccc2O)cc1. The van der Waals surface area contributed by atoms with Crippen LogP contribution in [0.3, 0.4) is 0 Å². The second-order valence-electron chi connectivity index (χ2n) is 4.77. The van der Waals surface area contributed by atoms with E-state index in [0.717, 1.165) is 0 Å². The third kappa shape index (κ3) is 4.50. The van der Waals surface area contributed by atoms with Crippen LogP contribution in [0, 0.1) is 20.2 Å². The van der Waals surface area contributed by atoms with E-state index in [1.165, 1.54) is 36.5 Å². The van der Waals surface area contributed by atoms with E-state index in [9.17, 15) is 25.3 Å². The summed E-state index contributed by atoms with van der Waals surface area (Å²) in [4.78, 5) is 24.3. The van der Waals surface area contributed by atoms with Crippen molar-refractivity contribution in [3.8, 4) is 5.75 Å². The van der Waals surface area contributed by atoms with Gasteiger partial charge in [-0.1, -0.05) is 0 Å². The molecule has 0 saturated heterocycles. The molecule has 9 heteroatoms. The lowest BCUT2D eigenvalue weighted by Gasteiger charge is -2.03. The minimum absolute atomic E-state index is 0.0136. The fraction of sp³-hybridized carbons (Fsp3) is 0.133. The van der Waals surface area contributed by atoms with Gasteiger partial charge in [0.15, 0.2) is 0 Å². The predicted octanol–water partition coefficient (Wildman–Crippen LogP) is 2.74. The standard InChI is InChI=1S/C15H14N4O5/c20-15-6-5-14(19(23)24)9-11(15)10-16-7-8-17-12-1-3-13(4-2-12)18(21)22/h1-6,9-10,17,20H,7-8H2. The zero-order chi connectivity index (χ0) is 17.5. The van der Waals surface area contributed by atoms with Crippen LogP contribution in [0.5, 0.6) is 5.75 Å². The first-order chi connectivity index (χ1) is 11.5. The van der Waals surface area contributed by atoms with Crippen molar-refractivity contribution in [1.29, 1.82) is 0 Å². The first kappa shape index (κ1) is 16.9. The summed E-state index contributed by atoms with van der Waals surface area (Å²) in [5.41, 5.74) is 0.867. The van der Waals surface area contributed by atoms with Gasteiger partial charge in [-0.2, -0.15) is 0 Å². The van der Waals surface area contributed by atoms with E-state index in [2.05, 4.69) is 10.3 Å². The maximum atomic E-state index is 10.7. The maximum Gasteiger partial charge on any atom is 0.270 e. The van der Waals surface area contributed by atoms with Crippen molar-refractivity contribution >= 4 is 23.3 Å². The molecule has 0 atom stereocenters. The van der Waals surface area contributed by atoms with Gasteiger partial charge in [-0.3, -0.25) is 25.2 Å². The lowest BCUT2D eigenvalue weighted by molar-refractivity contribution is -0.385. The van der Waals surface area contributed by atoms with Gasteiger partial charge in [0, 0.05) is 48.3 Å². The molecule has 0 aliphatic rings. The van der Waals surface area contributed by atoms with Gasteiger partial charge in [0.05, 0.1) is 16.4 Å². The van der Waals surface area contributed by atoms with Crippen LogP contribution in [0.2, 0.25) is 0 Å². The number of non-ortho nitro benzene ring substituents is 2. The molecule has 24 heavy (non-hydrogen) atoms. The van der Waals surface area contributed by atoms with Crippen LogP contribution in [0.25, 0.3) is 0 Å². The van der Waals surface area contributed by atoms with Crippen molar-refractivity contribution in [2.24, 2.45) is 4.99 Å². The first-order valence-electron chi connectivity index (χ1n) is 6.93. The molecule has 0 aliphatic carbocycles. The van der Waals surface area contributed by atoms with Crippen LogP contribution in [-0.4, -0.2) is 34.3 Å². The lowest BCUT2D eigenvalue weighted by atomic mass is 10.2. The van der Waals surface area contributed by atoms with Crippen LogP contribution in [0.15, 0.2) is 47.5 Å². The Labute approximate surface area is 136 Å². The Kier molecular flexibility index (Phi) is 5.40. The summed E-state index contributed by atoms with van der Waals surface area (Å²) in [5.74, 6) is -0.0901. The summed E-state index contributed by atoms with van der Waals surface area (Å²) in [6.07, 6.45) is 1.36. The molecule has 0 aliphatic heterocycles. The maximum absolute atomic E-state index is 10.7. The van der Waals surface area contributed by atoms with Crippen LogP contribution in [0.1, 0.15) is 5.56 Å². The number of phenolic OH excluding ortho intramolecular Hbond substituents is 1. The minimum atomic E-state index is -0.549. The van der Waals surface area contributed by atoms with Gasteiger partial charge in [0.25, 0.3) is 11.4 Å². The quantitative estimate of drug-likeness (QED) is 0.347. The van der Waals surface area contributed by atoms with Gasteiger partial charge < -0.3 is 10.4 Å². The predicted molar refractivity (Wildman–Crippen MR) is 88.8 cm³/mol. The van der Waals surface area contributed by atoms with Gasteiger partial charge in [-0.05, 0) is 18.2 Å². The molecule has 0 saturated carbocycles. The van der Waals surface area contributed by atoms with Crippen LogP contribution in [-0.2, 0) is 0 Å². The largest absolute Gasteiger partial charge is 0.507 e. The Morgan fingerprint density at radius 3 is 2.29 bits per heavy atom. The van der Waals surface area contributed by atoms with Crippen LogP contribution >= 0.6 is 0 Å². The molecule has 2 N–H and O–H groups in total. The first-order valence-corrected chi connectivity index (χ1v) is 6.93. The van der Waals surface area contributed by atoms with Gasteiger partial charge in [-0.25, -0.2) is 0 Å². The fourth-order valence-corrected chi connectivity index (χ4v) is 1.89. The highest BCUT2D eigenvalue weighted by Crippen LogP contribution is 2.21. The van der Waals surface area contributed by atoms with Crippen molar-refractivity contribution in [2.45, 2.75) is 0 Å². The number of anilines is 1. The topological polar surface area (TPSA) is 131 Å². The van der Waals surface area contributed by atoms with Crippen molar-refractivity contribution in [3.05, 3.63) is 68.3 Å². The van der Waals surface area contributed by atoms with Gasteiger partial charge in [0.2, 0.25) is 0 Å². The molecule has 0 heterocycles. The smallest absolute Gasteiger partial charge is 0.270 e. The summed E-state index contributed by atoms with van der Waals surface area (Å²) >= 11 is 0. The zero-order valence-corrected chi connectivity index (χ0v) is 12.5. The van der Waals surface area contributed by atoms with Gasteiger partial charge in [0.1, 0.15) is 5.75 Å². The van der Waals surface area contributed by atoms with Crippen molar-refractivity contribution in [2.75, 3.05) is 18.4 Å². The number of benzene rings is 2. The molecule has 0 radical (unpaired) electrons. The summed E-state index contributed by atoms with van der Waals surface area (Å²) in [6.45, 7) is 0.823. The second-order valence-corrected chi connectivity index (χ2v) is 4.77. The number of rotatable bonds is 7. The van der Waals surface area contributed by atoms with Gasteiger partial charge >= 0.3 is 0 Å². The summed E-state index contributed by atoms with van der Waals surface area (Å²) in [6, 6.07) is 9.67. The lowest BCUT2D eigenvalue weighted by Crippen LogP contribution is -2.05. The Bertz CT molecular complexity index is 774. The number of phenols is 1. The van der Waals surface area contributed by atoms with Gasteiger partial charge in [-0.15, -0.1) is 0 Å². The average molecular weight is 330 g/mol. The molecule has 2 aromatic rings. The molecule has 2 aromatic carbocycles. The number of nitro benzene ring substituents is 2. The highest BCUT2D eigenvalue weighted by atomic mass is 16.6. The molecular formula is C15H14N4O5. The molecule has 0 unspecified atom stereocenters. The summed E-state index contributed by atoms with van der Waals surface area (Å²) in [5, 5.41) is 33.9. The van der Waals surface area contributed by atoms with Crippen LogP contribution in [0.4, 0.5) is 17.1 Å². The molecule has 0 amide bonds. The normalized spacial score (nSPS) is 10.7. The average Bonchev–Trinajstić information content (AvgIpc) is 2.56. The van der Waals surface area contributed by atoms with E-state index in [1.807, 2.05) is 0 Å². The highest BCUT2D eigenvalue weighted by molar-refractivity contribution is 5.84. The van der Waals surface area contributed by atoms with Crippen molar-refractivity contribution < 1.29 is 15.0 Å². The van der Waals surface area contributed by atoms with Crippen molar-refractivity contribution in [3.63, 3.8) is 0 Å². The Hall–Kier alpha value is -3.49. The molecule has 0 fully saturated rings. The Morgan fingerprint density at radius 1 is 1.04 bits per heavy atom. The third-order valence-corrected chi connectivity index (χ3v) is 3.10. The molecule has 124 valence electrons. The second kappa shape index (κ2) is 7.68. The van der Waals surface area contributed by atoms with E-state index in [1.54, 1.807) is 12.1 Å². The Balaban J connectivity index is 1.87. The number of aliphatic imine (C=N–C) groups is 1. The number of nitro groups is 2. The van der Waals surface area contributed by atoms with E-state index in [4.69, 9.17) is 0 Å². The Morgan fingerprint density at radius 2 is 1.67 bits per heavy atom. The third-order valence-electron chi connectivity index (χ3n) is 3.10. The molecular weight excluding hydrogens is 316 g/mol. The summed E-state index contributed by atoms with van der Waals surface area (Å²) in [7, 11) is 0. The van der Waals surface area contributed by atoms with E-state index < -0.39 is 9.85 Å². The number of hydrogen-bond acceptors (Lipinski definition) is 7. The molecule has 0 spiro atoms. The zero-order valence-electron chi connectivity index (χ0n) is 12.5. The van der Waals surface area contributed by atoms with Crippen molar-refractivity contribution in [1.82, 2.24) is 0 Å². The molecule has 0 aromatic heterocycles. The number of hydrogen-bond donors (Lipinski definition) is 2. The van der Waals surface area contributed by atoms with E-state index in [0.29, 0.717) is 18.8 Å². The van der Waals surface area contributed by atoms with E-state index >= 15 is 0 Å². The highest BCUT2D eigenvalue weighted by Gasteiger charge is 2.08. The monoisotopic (exact) mass is 330 g/mol. The molecule has 9 nitrogen and oxygen atoms in total. The van der Waals surface area contributed by atoms with E-state index in [-0.39, 0.29) is 22.7 Å². The minimum Gasteiger partial charge on any atom is -0.507 e.